The first-order valence-electron chi connectivity index (χ1n) is 7.58. The number of rotatable bonds is 1. The van der Waals surface area contributed by atoms with Crippen molar-refractivity contribution in [2.24, 2.45) is 5.41 Å². The molecule has 0 spiro atoms. The molecule has 0 bridgehead atoms. The third-order valence-corrected chi connectivity index (χ3v) is 3.85. The topological polar surface area (TPSA) is 59.0 Å². The van der Waals surface area contributed by atoms with Crippen LogP contribution in [0, 0.1) is 17.3 Å². The average Bonchev–Trinajstić information content (AvgIpc) is 2.54. The van der Waals surface area contributed by atoms with Crippen LogP contribution in [0.2, 0.25) is 0 Å². The van der Waals surface area contributed by atoms with Crippen LogP contribution in [-0.4, -0.2) is 27.4 Å². The number of nitrogens with zero attached hydrogens (tertiary/aromatic N) is 4. The van der Waals surface area contributed by atoms with Gasteiger partial charge in [-0.2, -0.15) is 0 Å². The number of carbonyl (C=O) groups excluding carboxylic acids is 1. The lowest BCUT2D eigenvalue weighted by Gasteiger charge is -2.35. The van der Waals surface area contributed by atoms with E-state index in [1.807, 2.05) is 12.1 Å². The van der Waals surface area contributed by atoms with Crippen LogP contribution in [0.4, 0.5) is 5.82 Å². The van der Waals surface area contributed by atoms with E-state index < -0.39 is 0 Å². The first-order valence-corrected chi connectivity index (χ1v) is 7.58. The molecule has 0 aromatic carbocycles. The van der Waals surface area contributed by atoms with E-state index in [0.29, 0.717) is 24.5 Å². The molecule has 23 heavy (non-hydrogen) atoms. The highest BCUT2D eigenvalue weighted by Gasteiger charge is 2.32. The second-order valence-corrected chi connectivity index (χ2v) is 6.39. The summed E-state index contributed by atoms with van der Waals surface area (Å²) in [6.45, 7) is 4.91. The molecule has 0 aliphatic carbocycles. The zero-order valence-corrected chi connectivity index (χ0v) is 13.3. The maximum Gasteiger partial charge on any atom is 0.228 e. The number of aromatic nitrogens is 3. The lowest BCUT2D eigenvalue weighted by atomic mass is 9.82. The summed E-state index contributed by atoms with van der Waals surface area (Å²) < 4.78 is 0. The Balaban J connectivity index is 1.73. The predicted octanol–water partition coefficient (Wildman–Crippen LogP) is 2.42. The normalized spacial score (nSPS) is 16.6. The monoisotopic (exact) mass is 306 g/mol. The summed E-state index contributed by atoms with van der Waals surface area (Å²) in [5.74, 6) is 6.63. The minimum Gasteiger partial charge on any atom is -0.296 e. The summed E-state index contributed by atoms with van der Waals surface area (Å²) in [5, 5.41) is 0. The van der Waals surface area contributed by atoms with Gasteiger partial charge in [-0.05, 0) is 29.9 Å². The Morgan fingerprint density at radius 3 is 2.70 bits per heavy atom. The molecule has 1 aliphatic heterocycles. The molecule has 2 aromatic rings. The van der Waals surface area contributed by atoms with Gasteiger partial charge < -0.3 is 0 Å². The second kappa shape index (κ2) is 6.17. The molecule has 1 fully saturated rings. The van der Waals surface area contributed by atoms with Crippen molar-refractivity contribution in [1.29, 1.82) is 0 Å². The van der Waals surface area contributed by atoms with Gasteiger partial charge in [-0.25, -0.2) is 9.97 Å². The van der Waals surface area contributed by atoms with Gasteiger partial charge in [0.2, 0.25) is 5.91 Å². The van der Waals surface area contributed by atoms with Gasteiger partial charge in [-0.3, -0.25) is 14.7 Å². The molecule has 116 valence electrons. The van der Waals surface area contributed by atoms with Crippen LogP contribution in [0.3, 0.4) is 0 Å². The quantitative estimate of drug-likeness (QED) is 0.759. The standard InChI is InChI=1S/C18H18N4O/c1-18(2)7-9-22(17(23)10-18)16-13-20-15(12-21-16)6-5-14-4-3-8-19-11-14/h3-4,8,11-13H,7,9-10H2,1-2H3. The molecule has 0 N–H and O–H groups in total. The number of hydrogen-bond acceptors (Lipinski definition) is 4. The highest BCUT2D eigenvalue weighted by molar-refractivity contribution is 5.93. The van der Waals surface area contributed by atoms with Gasteiger partial charge in [0.05, 0.1) is 12.4 Å². The van der Waals surface area contributed by atoms with Gasteiger partial charge in [-0.1, -0.05) is 19.8 Å². The number of hydrogen-bond donors (Lipinski definition) is 0. The molecule has 1 saturated heterocycles. The van der Waals surface area contributed by atoms with Crippen LogP contribution < -0.4 is 4.90 Å². The van der Waals surface area contributed by atoms with Gasteiger partial charge in [0.15, 0.2) is 5.82 Å². The Morgan fingerprint density at radius 2 is 2.04 bits per heavy atom. The first kappa shape index (κ1) is 15.2. The van der Waals surface area contributed by atoms with Gasteiger partial charge in [-0.15, -0.1) is 0 Å². The maximum absolute atomic E-state index is 12.2. The van der Waals surface area contributed by atoms with Crippen molar-refractivity contribution in [3.05, 3.63) is 48.2 Å². The number of amides is 1. The SMILES string of the molecule is CC1(C)CCN(c2cnc(C#Cc3cccnc3)cn2)C(=O)C1. The van der Waals surface area contributed by atoms with Gasteiger partial charge in [0, 0.05) is 30.9 Å². The fourth-order valence-electron chi connectivity index (χ4n) is 2.47. The molecule has 5 heteroatoms. The van der Waals surface area contributed by atoms with Gasteiger partial charge in [0.25, 0.3) is 0 Å². The lowest BCUT2D eigenvalue weighted by Crippen LogP contribution is -2.42. The second-order valence-electron chi connectivity index (χ2n) is 6.39. The number of piperidine rings is 1. The highest BCUT2D eigenvalue weighted by atomic mass is 16.2. The Morgan fingerprint density at radius 1 is 1.17 bits per heavy atom. The summed E-state index contributed by atoms with van der Waals surface area (Å²) in [6.07, 6.45) is 8.12. The average molecular weight is 306 g/mol. The van der Waals surface area contributed by atoms with Crippen molar-refractivity contribution in [1.82, 2.24) is 15.0 Å². The Bertz CT molecular complexity index is 757. The minimum atomic E-state index is 0.0656. The lowest BCUT2D eigenvalue weighted by molar-refractivity contribution is -0.122. The molecule has 0 saturated carbocycles. The Kier molecular flexibility index (Phi) is 4.07. The third-order valence-electron chi connectivity index (χ3n) is 3.85. The van der Waals surface area contributed by atoms with Crippen molar-refractivity contribution in [2.45, 2.75) is 26.7 Å². The van der Waals surface area contributed by atoms with E-state index in [0.717, 1.165) is 12.0 Å². The van der Waals surface area contributed by atoms with Crippen LogP contribution in [-0.2, 0) is 4.79 Å². The summed E-state index contributed by atoms with van der Waals surface area (Å²) in [6, 6.07) is 3.72. The van der Waals surface area contributed by atoms with Crippen LogP contribution in [0.15, 0.2) is 36.9 Å². The smallest absolute Gasteiger partial charge is 0.228 e. The van der Waals surface area contributed by atoms with E-state index in [9.17, 15) is 4.79 Å². The molecule has 1 aliphatic rings. The van der Waals surface area contributed by atoms with Gasteiger partial charge in [0.1, 0.15) is 5.69 Å². The van der Waals surface area contributed by atoms with Crippen LogP contribution in [0.25, 0.3) is 0 Å². The molecule has 0 radical (unpaired) electrons. The van der Waals surface area contributed by atoms with Crippen molar-refractivity contribution in [2.75, 3.05) is 11.4 Å². The molecule has 2 aromatic heterocycles. The zero-order chi connectivity index (χ0) is 16.3. The van der Waals surface area contributed by atoms with Gasteiger partial charge >= 0.3 is 0 Å². The van der Waals surface area contributed by atoms with E-state index in [-0.39, 0.29) is 11.3 Å². The number of pyridine rings is 1. The molecule has 1 amide bonds. The van der Waals surface area contributed by atoms with E-state index in [1.54, 1.807) is 29.7 Å². The van der Waals surface area contributed by atoms with E-state index in [4.69, 9.17) is 0 Å². The number of carbonyl (C=O) groups is 1. The number of anilines is 1. The molecular weight excluding hydrogens is 288 g/mol. The molecule has 3 heterocycles. The predicted molar refractivity (Wildman–Crippen MR) is 87.6 cm³/mol. The van der Waals surface area contributed by atoms with E-state index in [2.05, 4.69) is 40.6 Å². The van der Waals surface area contributed by atoms with Crippen molar-refractivity contribution in [3.8, 4) is 11.8 Å². The van der Waals surface area contributed by atoms with Crippen LogP contribution in [0.5, 0.6) is 0 Å². The Hall–Kier alpha value is -2.74. The van der Waals surface area contributed by atoms with E-state index in [1.165, 1.54) is 0 Å². The molecule has 3 rings (SSSR count). The summed E-state index contributed by atoms with van der Waals surface area (Å²) >= 11 is 0. The first-order chi connectivity index (χ1) is 11.0. The van der Waals surface area contributed by atoms with E-state index >= 15 is 0 Å². The molecular formula is C18H18N4O. The van der Waals surface area contributed by atoms with Crippen LogP contribution >= 0.6 is 0 Å². The van der Waals surface area contributed by atoms with Crippen molar-refractivity contribution >= 4 is 11.7 Å². The maximum atomic E-state index is 12.2. The molecule has 5 nitrogen and oxygen atoms in total. The largest absolute Gasteiger partial charge is 0.296 e. The zero-order valence-electron chi connectivity index (χ0n) is 13.3. The van der Waals surface area contributed by atoms with Crippen molar-refractivity contribution in [3.63, 3.8) is 0 Å². The fraction of sp³-hybridized carbons (Fsp3) is 0.333. The summed E-state index contributed by atoms with van der Waals surface area (Å²) in [7, 11) is 0. The third kappa shape index (κ3) is 3.72. The van der Waals surface area contributed by atoms with Crippen LogP contribution in [0.1, 0.15) is 37.9 Å². The Labute approximate surface area is 135 Å². The van der Waals surface area contributed by atoms with Crippen molar-refractivity contribution < 1.29 is 4.79 Å². The summed E-state index contributed by atoms with van der Waals surface area (Å²) in [4.78, 5) is 26.6. The summed E-state index contributed by atoms with van der Waals surface area (Å²) in [5.41, 5.74) is 1.46. The molecule has 0 atom stereocenters. The molecule has 0 unspecified atom stereocenters. The minimum absolute atomic E-state index is 0.0656. The fourth-order valence-corrected chi connectivity index (χ4v) is 2.47. The highest BCUT2D eigenvalue weighted by Crippen LogP contribution is 2.32.